The van der Waals surface area contributed by atoms with Crippen LogP contribution < -0.4 is 0 Å². The van der Waals surface area contributed by atoms with Gasteiger partial charge in [0.25, 0.3) is 0 Å². The molecule has 0 aliphatic heterocycles. The zero-order valence-corrected chi connectivity index (χ0v) is 33.2. The zero-order valence-electron chi connectivity index (χ0n) is 33.2. The molecule has 3 nitrogen and oxygen atoms in total. The van der Waals surface area contributed by atoms with Crippen molar-refractivity contribution in [3.8, 4) is 89.5 Å². The molecule has 0 unspecified atom stereocenters. The fourth-order valence-electron chi connectivity index (χ4n) is 8.50. The molecule has 0 aliphatic rings. The van der Waals surface area contributed by atoms with E-state index in [0.717, 1.165) is 94.5 Å². The summed E-state index contributed by atoms with van der Waals surface area (Å²) in [5, 5.41) is 2.19. The molecule has 286 valence electrons. The fraction of sp³-hybridized carbons (Fsp3) is 0. The number of rotatable bonds is 8. The fourth-order valence-corrected chi connectivity index (χ4v) is 8.50. The van der Waals surface area contributed by atoms with Gasteiger partial charge in [0.1, 0.15) is 11.2 Å². The Morgan fingerprint density at radius 2 is 0.738 bits per heavy atom. The highest BCUT2D eigenvalue weighted by Gasteiger charge is 2.23. The van der Waals surface area contributed by atoms with Gasteiger partial charge in [0.2, 0.25) is 0 Å². The largest absolute Gasteiger partial charge is 0.455 e. The van der Waals surface area contributed by atoms with Crippen LogP contribution >= 0.6 is 0 Å². The lowest BCUT2D eigenvalue weighted by atomic mass is 9.85. The summed E-state index contributed by atoms with van der Waals surface area (Å²) < 4.78 is 6.73. The van der Waals surface area contributed by atoms with Crippen LogP contribution in [0.1, 0.15) is 0 Å². The molecule has 0 aliphatic carbocycles. The predicted molar refractivity (Wildman–Crippen MR) is 253 cm³/mol. The molecule has 3 heteroatoms. The third-order valence-electron chi connectivity index (χ3n) is 11.5. The lowest BCUT2D eigenvalue weighted by Crippen LogP contribution is -1.99. The highest BCUT2D eigenvalue weighted by Crippen LogP contribution is 2.46. The number of hydrogen-bond donors (Lipinski definition) is 0. The summed E-state index contributed by atoms with van der Waals surface area (Å²) in [4.78, 5) is 10.8. The minimum absolute atomic E-state index is 0.657. The highest BCUT2D eigenvalue weighted by molar-refractivity contribution is 6.12. The Morgan fingerprint density at radius 3 is 1.36 bits per heavy atom. The normalized spacial score (nSPS) is 11.3. The molecule has 0 radical (unpaired) electrons. The number of nitrogens with zero attached hydrogens (tertiary/aromatic N) is 2. The van der Waals surface area contributed by atoms with Gasteiger partial charge in [-0.3, -0.25) is 0 Å². The van der Waals surface area contributed by atoms with Crippen molar-refractivity contribution >= 4 is 21.9 Å². The number of para-hydroxylation sites is 2. The van der Waals surface area contributed by atoms with Gasteiger partial charge in [0.15, 0.2) is 5.82 Å². The van der Waals surface area contributed by atoms with Crippen LogP contribution in [0.2, 0.25) is 0 Å². The summed E-state index contributed by atoms with van der Waals surface area (Å²) in [6.45, 7) is 0. The minimum atomic E-state index is 0.657. The average Bonchev–Trinajstić information content (AvgIpc) is 3.74. The van der Waals surface area contributed by atoms with E-state index in [2.05, 4.69) is 206 Å². The number of fused-ring (bicyclic) bond motifs is 3. The molecule has 9 aromatic carbocycles. The number of aromatic nitrogens is 2. The van der Waals surface area contributed by atoms with Crippen molar-refractivity contribution in [3.63, 3.8) is 0 Å². The third kappa shape index (κ3) is 6.88. The molecule has 0 bridgehead atoms. The molecule has 0 saturated heterocycles. The van der Waals surface area contributed by atoms with Crippen LogP contribution in [0, 0.1) is 0 Å². The van der Waals surface area contributed by atoms with Crippen LogP contribution in [0.25, 0.3) is 111 Å². The molecule has 2 aromatic heterocycles. The van der Waals surface area contributed by atoms with Crippen LogP contribution in [-0.4, -0.2) is 9.97 Å². The summed E-state index contributed by atoms with van der Waals surface area (Å²) >= 11 is 0. The van der Waals surface area contributed by atoms with Gasteiger partial charge >= 0.3 is 0 Å². The SMILES string of the molecule is c1ccc(-c2ccc(-c3cc(-c4cc(-c5ccccc5)cc(-c5cccc6c5oc5ccccc56)c4-c4ccccc4)nc(-c4ccc(-c5ccccc5)cc4)n3)cc2)cc1. The van der Waals surface area contributed by atoms with Gasteiger partial charge in [-0.2, -0.15) is 0 Å². The smallest absolute Gasteiger partial charge is 0.160 e. The summed E-state index contributed by atoms with van der Waals surface area (Å²) in [5.74, 6) is 0.657. The van der Waals surface area contributed by atoms with Gasteiger partial charge < -0.3 is 4.42 Å². The van der Waals surface area contributed by atoms with E-state index in [1.165, 1.54) is 11.1 Å². The first kappa shape index (κ1) is 36.0. The molecule has 0 spiro atoms. The maximum absolute atomic E-state index is 6.73. The van der Waals surface area contributed by atoms with Gasteiger partial charge in [0, 0.05) is 33.0 Å². The lowest BCUT2D eigenvalue weighted by Gasteiger charge is -2.20. The Kier molecular flexibility index (Phi) is 9.18. The molecule has 0 saturated carbocycles. The van der Waals surface area contributed by atoms with Gasteiger partial charge in [-0.25, -0.2) is 9.97 Å². The van der Waals surface area contributed by atoms with Crippen LogP contribution in [0.15, 0.2) is 235 Å². The second-order valence-corrected chi connectivity index (χ2v) is 15.3. The van der Waals surface area contributed by atoms with E-state index in [-0.39, 0.29) is 0 Å². The van der Waals surface area contributed by atoms with Crippen molar-refractivity contribution in [3.05, 3.63) is 231 Å². The van der Waals surface area contributed by atoms with Crippen LogP contribution in [0.4, 0.5) is 0 Å². The van der Waals surface area contributed by atoms with Crippen LogP contribution in [0.5, 0.6) is 0 Å². The first-order valence-electron chi connectivity index (χ1n) is 20.6. The van der Waals surface area contributed by atoms with Crippen molar-refractivity contribution in [2.24, 2.45) is 0 Å². The zero-order chi connectivity index (χ0) is 40.5. The molecular weight excluding hydrogens is 741 g/mol. The summed E-state index contributed by atoms with van der Waals surface area (Å²) in [7, 11) is 0. The molecule has 0 atom stereocenters. The molecule has 0 N–H and O–H groups in total. The lowest BCUT2D eigenvalue weighted by molar-refractivity contribution is 0.670. The second-order valence-electron chi connectivity index (χ2n) is 15.3. The van der Waals surface area contributed by atoms with Gasteiger partial charge in [-0.1, -0.05) is 206 Å². The molecule has 2 heterocycles. The van der Waals surface area contributed by atoms with E-state index in [9.17, 15) is 0 Å². The van der Waals surface area contributed by atoms with Gasteiger partial charge in [0.05, 0.1) is 11.4 Å². The Hall–Kier alpha value is -8.14. The first-order valence-corrected chi connectivity index (χ1v) is 20.6. The summed E-state index contributed by atoms with van der Waals surface area (Å²) in [6, 6.07) is 81.0. The quantitative estimate of drug-likeness (QED) is 0.154. The molecule has 11 aromatic rings. The van der Waals surface area contributed by atoms with Crippen molar-refractivity contribution < 1.29 is 4.42 Å². The van der Waals surface area contributed by atoms with E-state index in [1.54, 1.807) is 0 Å². The Bertz CT molecular complexity index is 3200. The molecule has 61 heavy (non-hydrogen) atoms. The predicted octanol–water partition coefficient (Wildman–Crippen LogP) is 15.7. The third-order valence-corrected chi connectivity index (χ3v) is 11.5. The summed E-state index contributed by atoms with van der Waals surface area (Å²) in [5.41, 5.74) is 17.4. The van der Waals surface area contributed by atoms with E-state index < -0.39 is 0 Å². The Balaban J connectivity index is 1.18. The highest BCUT2D eigenvalue weighted by atomic mass is 16.3. The molecular formula is C58H38N2O. The van der Waals surface area contributed by atoms with Crippen LogP contribution in [0.3, 0.4) is 0 Å². The van der Waals surface area contributed by atoms with E-state index in [4.69, 9.17) is 14.4 Å². The van der Waals surface area contributed by atoms with Gasteiger partial charge in [-0.15, -0.1) is 0 Å². The van der Waals surface area contributed by atoms with E-state index in [1.807, 2.05) is 24.3 Å². The monoisotopic (exact) mass is 778 g/mol. The van der Waals surface area contributed by atoms with E-state index >= 15 is 0 Å². The topological polar surface area (TPSA) is 38.9 Å². The molecule has 0 amide bonds. The van der Waals surface area contributed by atoms with Gasteiger partial charge in [-0.05, 0) is 74.3 Å². The Morgan fingerprint density at radius 1 is 0.279 bits per heavy atom. The number of benzene rings is 9. The number of furan rings is 1. The van der Waals surface area contributed by atoms with Crippen molar-refractivity contribution in [1.82, 2.24) is 9.97 Å². The standard InChI is InChI=1S/C58H38N2O/c1-5-16-39(17-6-1)42-28-32-44(33-29-42)53-38-54(60-58(59-53)46-34-30-43(31-35-46)40-18-7-2-8-19-40)52-37-47(41-20-9-3-10-21-41)36-51(56(52)45-22-11-4-12-23-45)50-26-15-25-49-48-24-13-14-27-55(48)61-57(49)50/h1-38H. The first-order chi connectivity index (χ1) is 30.2. The van der Waals surface area contributed by atoms with E-state index in [0.29, 0.717) is 5.82 Å². The van der Waals surface area contributed by atoms with Crippen molar-refractivity contribution in [2.75, 3.05) is 0 Å². The maximum atomic E-state index is 6.73. The number of hydrogen-bond acceptors (Lipinski definition) is 3. The second kappa shape index (κ2) is 15.6. The Labute approximate surface area is 354 Å². The van der Waals surface area contributed by atoms with Crippen molar-refractivity contribution in [2.45, 2.75) is 0 Å². The summed E-state index contributed by atoms with van der Waals surface area (Å²) in [6.07, 6.45) is 0. The molecule has 11 rings (SSSR count). The van der Waals surface area contributed by atoms with Crippen molar-refractivity contribution in [1.29, 1.82) is 0 Å². The minimum Gasteiger partial charge on any atom is -0.455 e. The van der Waals surface area contributed by atoms with Crippen LogP contribution in [-0.2, 0) is 0 Å². The maximum Gasteiger partial charge on any atom is 0.160 e. The molecule has 0 fully saturated rings. The average molecular weight is 779 g/mol.